The van der Waals surface area contributed by atoms with Gasteiger partial charge in [-0.2, -0.15) is 0 Å². The highest BCUT2D eigenvalue weighted by atomic mass is 16.2. The molecule has 3 rings (SSSR count). The number of carbonyl (C=O) groups is 1. The molecule has 2 N–H and O–H groups in total. The highest BCUT2D eigenvalue weighted by Gasteiger charge is 2.42. The van der Waals surface area contributed by atoms with Gasteiger partial charge in [0.1, 0.15) is 0 Å². The molecular formula is C14H19N3O. The monoisotopic (exact) mass is 245 g/mol. The lowest BCUT2D eigenvalue weighted by molar-refractivity contribution is -0.129. The summed E-state index contributed by atoms with van der Waals surface area (Å²) in [6.07, 6.45) is 6.26. The Bertz CT molecular complexity index is 434. The molecule has 18 heavy (non-hydrogen) atoms. The molecule has 1 saturated carbocycles. The molecule has 0 spiro atoms. The summed E-state index contributed by atoms with van der Waals surface area (Å²) < 4.78 is 0. The van der Waals surface area contributed by atoms with Crippen LogP contribution in [0.5, 0.6) is 0 Å². The minimum atomic E-state index is 0.213. The Hall–Kier alpha value is -1.42. The standard InChI is InChI=1S/C14H19N3O/c15-13-4-3-11-8-17(9-12(11)13)14(18)6-10-2-1-5-16-7-10/h1-2,5,7,11-13H,3-4,6,8-9,15H2/t11-,12-,13-/m1/s1. The lowest BCUT2D eigenvalue weighted by Crippen LogP contribution is -2.34. The highest BCUT2D eigenvalue weighted by molar-refractivity contribution is 5.79. The van der Waals surface area contributed by atoms with Crippen LogP contribution in [0.4, 0.5) is 0 Å². The Morgan fingerprint density at radius 1 is 1.44 bits per heavy atom. The third-order valence-corrected chi connectivity index (χ3v) is 4.34. The van der Waals surface area contributed by atoms with Crippen molar-refractivity contribution in [2.45, 2.75) is 25.3 Å². The molecule has 3 atom stereocenters. The van der Waals surface area contributed by atoms with Crippen molar-refractivity contribution in [3.8, 4) is 0 Å². The Morgan fingerprint density at radius 3 is 3.06 bits per heavy atom. The number of carbonyl (C=O) groups excluding carboxylic acids is 1. The fourth-order valence-corrected chi connectivity index (χ4v) is 3.30. The average molecular weight is 245 g/mol. The number of hydrogen-bond acceptors (Lipinski definition) is 3. The van der Waals surface area contributed by atoms with Crippen molar-refractivity contribution in [1.29, 1.82) is 0 Å². The molecule has 4 nitrogen and oxygen atoms in total. The number of amides is 1. The molecule has 0 unspecified atom stereocenters. The maximum Gasteiger partial charge on any atom is 0.227 e. The van der Waals surface area contributed by atoms with Gasteiger partial charge >= 0.3 is 0 Å². The van der Waals surface area contributed by atoms with Gasteiger partial charge < -0.3 is 10.6 Å². The van der Waals surface area contributed by atoms with Gasteiger partial charge in [-0.05, 0) is 36.3 Å². The fourth-order valence-electron chi connectivity index (χ4n) is 3.30. The quantitative estimate of drug-likeness (QED) is 0.839. The highest BCUT2D eigenvalue weighted by Crippen LogP contribution is 2.37. The topological polar surface area (TPSA) is 59.2 Å². The van der Waals surface area contributed by atoms with E-state index in [0.717, 1.165) is 25.1 Å². The molecule has 1 aromatic heterocycles. The van der Waals surface area contributed by atoms with E-state index >= 15 is 0 Å². The van der Waals surface area contributed by atoms with Crippen LogP contribution in [0.2, 0.25) is 0 Å². The number of rotatable bonds is 2. The Morgan fingerprint density at radius 2 is 2.33 bits per heavy atom. The average Bonchev–Trinajstić information content (AvgIpc) is 2.93. The van der Waals surface area contributed by atoms with Crippen molar-refractivity contribution >= 4 is 5.91 Å². The zero-order valence-corrected chi connectivity index (χ0v) is 10.5. The SMILES string of the molecule is N[C@@H]1CC[C@@H]2CN(C(=O)Cc3cccnc3)C[C@H]21. The zero-order valence-electron chi connectivity index (χ0n) is 10.5. The predicted octanol–water partition coefficient (Wildman–Crippen LogP) is 0.820. The molecule has 1 saturated heterocycles. The first-order valence-corrected chi connectivity index (χ1v) is 6.66. The largest absolute Gasteiger partial charge is 0.342 e. The van der Waals surface area contributed by atoms with Gasteiger partial charge in [0, 0.05) is 31.5 Å². The first-order valence-electron chi connectivity index (χ1n) is 6.66. The van der Waals surface area contributed by atoms with Crippen molar-refractivity contribution in [3.63, 3.8) is 0 Å². The minimum absolute atomic E-state index is 0.213. The molecule has 1 aromatic rings. The van der Waals surface area contributed by atoms with Gasteiger partial charge in [0.05, 0.1) is 6.42 Å². The van der Waals surface area contributed by atoms with Gasteiger partial charge in [-0.25, -0.2) is 0 Å². The summed E-state index contributed by atoms with van der Waals surface area (Å²) in [4.78, 5) is 18.2. The molecule has 4 heteroatoms. The van der Waals surface area contributed by atoms with Crippen molar-refractivity contribution < 1.29 is 4.79 Å². The second kappa shape index (κ2) is 4.69. The van der Waals surface area contributed by atoms with Crippen LogP contribution in [-0.4, -0.2) is 34.9 Å². The number of pyridine rings is 1. The van der Waals surface area contributed by atoms with Crippen molar-refractivity contribution in [1.82, 2.24) is 9.88 Å². The molecule has 2 aliphatic rings. The number of aromatic nitrogens is 1. The minimum Gasteiger partial charge on any atom is -0.342 e. The van der Waals surface area contributed by atoms with Gasteiger partial charge in [-0.15, -0.1) is 0 Å². The molecule has 1 aliphatic heterocycles. The predicted molar refractivity (Wildman–Crippen MR) is 68.7 cm³/mol. The van der Waals surface area contributed by atoms with E-state index in [-0.39, 0.29) is 5.91 Å². The van der Waals surface area contributed by atoms with Crippen LogP contribution in [0.15, 0.2) is 24.5 Å². The number of nitrogens with two attached hydrogens (primary N) is 1. The summed E-state index contributed by atoms with van der Waals surface area (Å²) in [5.41, 5.74) is 7.08. The first kappa shape index (κ1) is 11.7. The maximum atomic E-state index is 12.2. The summed E-state index contributed by atoms with van der Waals surface area (Å²) in [6.45, 7) is 1.75. The molecular weight excluding hydrogens is 226 g/mol. The maximum absolute atomic E-state index is 12.2. The zero-order chi connectivity index (χ0) is 12.5. The van der Waals surface area contributed by atoms with Gasteiger partial charge in [-0.3, -0.25) is 9.78 Å². The van der Waals surface area contributed by atoms with Gasteiger partial charge in [0.2, 0.25) is 5.91 Å². The molecule has 1 amide bonds. The normalized spacial score (nSPS) is 30.5. The van der Waals surface area contributed by atoms with Crippen molar-refractivity contribution in [2.24, 2.45) is 17.6 Å². The second-order valence-electron chi connectivity index (χ2n) is 5.50. The molecule has 0 radical (unpaired) electrons. The Labute approximate surface area is 107 Å². The summed E-state index contributed by atoms with van der Waals surface area (Å²) in [7, 11) is 0. The molecule has 2 fully saturated rings. The summed E-state index contributed by atoms with van der Waals surface area (Å²) in [5, 5.41) is 0. The number of likely N-dealkylation sites (tertiary alicyclic amines) is 1. The number of nitrogens with zero attached hydrogens (tertiary/aromatic N) is 2. The molecule has 96 valence electrons. The summed E-state index contributed by atoms with van der Waals surface area (Å²) in [5.74, 6) is 1.38. The number of fused-ring (bicyclic) bond motifs is 1. The Kier molecular flexibility index (Phi) is 3.04. The van der Waals surface area contributed by atoms with E-state index in [4.69, 9.17) is 5.73 Å². The van der Waals surface area contributed by atoms with Crippen LogP contribution < -0.4 is 5.73 Å². The third-order valence-electron chi connectivity index (χ3n) is 4.34. The van der Waals surface area contributed by atoms with Gasteiger partial charge in [0.15, 0.2) is 0 Å². The lowest BCUT2D eigenvalue weighted by Gasteiger charge is -2.18. The molecule has 0 bridgehead atoms. The van der Waals surface area contributed by atoms with Crippen LogP contribution >= 0.6 is 0 Å². The van der Waals surface area contributed by atoms with E-state index in [1.54, 1.807) is 12.4 Å². The second-order valence-corrected chi connectivity index (χ2v) is 5.50. The van der Waals surface area contributed by atoms with Gasteiger partial charge in [-0.1, -0.05) is 6.07 Å². The van der Waals surface area contributed by atoms with E-state index in [1.807, 2.05) is 17.0 Å². The summed E-state index contributed by atoms with van der Waals surface area (Å²) >= 11 is 0. The molecule has 1 aliphatic carbocycles. The van der Waals surface area contributed by atoms with Crippen molar-refractivity contribution in [2.75, 3.05) is 13.1 Å². The van der Waals surface area contributed by atoms with Crippen LogP contribution in [0.25, 0.3) is 0 Å². The lowest BCUT2D eigenvalue weighted by atomic mass is 9.98. The molecule has 0 aromatic carbocycles. The molecule has 2 heterocycles. The third kappa shape index (κ3) is 2.12. The van der Waals surface area contributed by atoms with Crippen LogP contribution in [0, 0.1) is 11.8 Å². The van der Waals surface area contributed by atoms with E-state index in [1.165, 1.54) is 6.42 Å². The van der Waals surface area contributed by atoms with Gasteiger partial charge in [0.25, 0.3) is 0 Å². The van der Waals surface area contributed by atoms with E-state index in [0.29, 0.717) is 24.3 Å². The first-order chi connectivity index (χ1) is 8.74. The number of hydrogen-bond donors (Lipinski definition) is 1. The fraction of sp³-hybridized carbons (Fsp3) is 0.571. The Balaban J connectivity index is 1.62. The smallest absolute Gasteiger partial charge is 0.227 e. The van der Waals surface area contributed by atoms with Crippen LogP contribution in [0.3, 0.4) is 0 Å². The van der Waals surface area contributed by atoms with E-state index in [9.17, 15) is 4.79 Å². The van der Waals surface area contributed by atoms with Crippen molar-refractivity contribution in [3.05, 3.63) is 30.1 Å². The summed E-state index contributed by atoms with van der Waals surface area (Å²) in [6, 6.07) is 4.12. The van der Waals surface area contributed by atoms with E-state index < -0.39 is 0 Å². The van der Waals surface area contributed by atoms with Crippen LogP contribution in [0.1, 0.15) is 18.4 Å². The van der Waals surface area contributed by atoms with E-state index in [2.05, 4.69) is 4.98 Å². The van der Waals surface area contributed by atoms with Crippen LogP contribution in [-0.2, 0) is 11.2 Å².